The van der Waals surface area contributed by atoms with Gasteiger partial charge in [0, 0.05) is 19.5 Å². The first-order valence-corrected chi connectivity index (χ1v) is 10.3. The van der Waals surface area contributed by atoms with Crippen molar-refractivity contribution in [2.45, 2.75) is 19.4 Å². The summed E-state index contributed by atoms with van der Waals surface area (Å²) in [4.78, 5) is 12.0. The number of carbonyl (C=O) groups excluding carboxylic acids is 1. The predicted molar refractivity (Wildman–Crippen MR) is 103 cm³/mol. The Morgan fingerprint density at radius 2 is 1.93 bits per heavy atom. The molecule has 0 unspecified atom stereocenters. The van der Waals surface area contributed by atoms with Crippen LogP contribution in [0.4, 0.5) is 10.1 Å². The van der Waals surface area contributed by atoms with Crippen LogP contribution >= 0.6 is 0 Å². The molecule has 6 nitrogen and oxygen atoms in total. The van der Waals surface area contributed by atoms with E-state index in [0.717, 1.165) is 16.1 Å². The van der Waals surface area contributed by atoms with Crippen molar-refractivity contribution in [2.24, 2.45) is 0 Å². The molecule has 0 radical (unpaired) electrons. The molecule has 0 saturated heterocycles. The number of anilines is 1. The molecule has 0 aliphatic carbocycles. The van der Waals surface area contributed by atoms with Crippen LogP contribution in [0.2, 0.25) is 0 Å². The summed E-state index contributed by atoms with van der Waals surface area (Å²) >= 11 is 0. The molecule has 0 aromatic heterocycles. The molecular formula is C19H23FN2O4S. The summed E-state index contributed by atoms with van der Waals surface area (Å²) in [7, 11) is -2.08. The lowest BCUT2D eigenvalue weighted by atomic mass is 10.2. The van der Waals surface area contributed by atoms with Crippen molar-refractivity contribution in [1.29, 1.82) is 0 Å². The first-order chi connectivity index (χ1) is 12.8. The highest BCUT2D eigenvalue weighted by molar-refractivity contribution is 7.92. The van der Waals surface area contributed by atoms with E-state index in [1.165, 1.54) is 18.2 Å². The smallest absolute Gasteiger partial charge is 0.232 e. The van der Waals surface area contributed by atoms with Crippen molar-refractivity contribution < 1.29 is 22.3 Å². The lowest BCUT2D eigenvalue weighted by Gasteiger charge is -2.22. The molecule has 2 aromatic carbocycles. The molecule has 0 saturated carbocycles. The van der Waals surface area contributed by atoms with Gasteiger partial charge in [-0.25, -0.2) is 12.8 Å². The largest absolute Gasteiger partial charge is 0.497 e. The monoisotopic (exact) mass is 394 g/mol. The molecule has 0 atom stereocenters. The number of nitrogens with zero attached hydrogens (tertiary/aromatic N) is 1. The van der Waals surface area contributed by atoms with Gasteiger partial charge in [-0.3, -0.25) is 9.10 Å². The summed E-state index contributed by atoms with van der Waals surface area (Å²) in [5.74, 6) is -0.124. The Hall–Kier alpha value is -2.61. The number of carbonyl (C=O) groups is 1. The molecule has 0 spiro atoms. The van der Waals surface area contributed by atoms with Crippen molar-refractivity contribution in [3.8, 4) is 5.75 Å². The van der Waals surface area contributed by atoms with E-state index in [9.17, 15) is 17.6 Å². The third-order valence-electron chi connectivity index (χ3n) is 3.91. The van der Waals surface area contributed by atoms with Crippen LogP contribution in [-0.4, -0.2) is 34.2 Å². The predicted octanol–water partition coefficient (Wildman–Crippen LogP) is 2.70. The van der Waals surface area contributed by atoms with Gasteiger partial charge < -0.3 is 10.1 Å². The maximum Gasteiger partial charge on any atom is 0.232 e. The second-order valence-corrected chi connectivity index (χ2v) is 7.93. The zero-order valence-electron chi connectivity index (χ0n) is 15.3. The van der Waals surface area contributed by atoms with Gasteiger partial charge in [0.15, 0.2) is 0 Å². The van der Waals surface area contributed by atoms with Gasteiger partial charge in [0.05, 0.1) is 19.1 Å². The Kier molecular flexibility index (Phi) is 7.18. The molecule has 2 rings (SSSR count). The topological polar surface area (TPSA) is 75.7 Å². The number of sulfonamides is 1. The van der Waals surface area contributed by atoms with E-state index in [2.05, 4.69) is 5.32 Å². The van der Waals surface area contributed by atoms with E-state index < -0.39 is 15.8 Å². The summed E-state index contributed by atoms with van der Waals surface area (Å²) in [6.07, 6.45) is 1.41. The van der Waals surface area contributed by atoms with E-state index in [4.69, 9.17) is 4.74 Å². The Labute approximate surface area is 159 Å². The Bertz CT molecular complexity index is 887. The molecule has 2 aromatic rings. The number of hydrogen-bond acceptors (Lipinski definition) is 4. The van der Waals surface area contributed by atoms with Crippen LogP contribution < -0.4 is 14.4 Å². The first-order valence-electron chi connectivity index (χ1n) is 8.43. The molecule has 0 heterocycles. The normalized spacial score (nSPS) is 11.1. The van der Waals surface area contributed by atoms with Crippen LogP contribution in [0.5, 0.6) is 5.75 Å². The maximum absolute atomic E-state index is 13.9. The molecule has 1 N–H and O–H groups in total. The average molecular weight is 394 g/mol. The SMILES string of the molecule is COc1cccc(CNC(=O)CCCN(c2ccccc2F)S(C)(=O)=O)c1. The molecule has 0 aliphatic heterocycles. The van der Waals surface area contributed by atoms with Crippen LogP contribution in [0, 0.1) is 5.82 Å². The van der Waals surface area contributed by atoms with Gasteiger partial charge in [0.25, 0.3) is 0 Å². The summed E-state index contributed by atoms with van der Waals surface area (Å²) in [5.41, 5.74) is 0.878. The fourth-order valence-corrected chi connectivity index (χ4v) is 3.54. The number of halogens is 1. The summed E-state index contributed by atoms with van der Waals surface area (Å²) in [6.45, 7) is 0.367. The highest BCUT2D eigenvalue weighted by atomic mass is 32.2. The van der Waals surface area contributed by atoms with E-state index in [1.807, 2.05) is 24.3 Å². The number of methoxy groups -OCH3 is 1. The second kappa shape index (κ2) is 9.36. The van der Waals surface area contributed by atoms with Crippen molar-refractivity contribution >= 4 is 21.6 Å². The third kappa shape index (κ3) is 6.25. The quantitative estimate of drug-likeness (QED) is 0.710. The minimum absolute atomic E-state index is 0.0169. The molecule has 146 valence electrons. The van der Waals surface area contributed by atoms with Crippen LogP contribution in [0.3, 0.4) is 0 Å². The van der Waals surface area contributed by atoms with E-state index in [-0.39, 0.29) is 31.0 Å². The van der Waals surface area contributed by atoms with Gasteiger partial charge in [-0.2, -0.15) is 0 Å². The van der Waals surface area contributed by atoms with Gasteiger partial charge in [-0.05, 0) is 36.2 Å². The minimum Gasteiger partial charge on any atom is -0.497 e. The number of rotatable bonds is 9. The van der Waals surface area contributed by atoms with Crippen LogP contribution in [0.1, 0.15) is 18.4 Å². The molecule has 8 heteroatoms. The van der Waals surface area contributed by atoms with Crippen molar-refractivity contribution in [3.63, 3.8) is 0 Å². The molecule has 0 bridgehead atoms. The highest BCUT2D eigenvalue weighted by Gasteiger charge is 2.20. The number of nitrogens with one attached hydrogen (secondary N) is 1. The molecular weight excluding hydrogens is 371 g/mol. The fraction of sp³-hybridized carbons (Fsp3) is 0.316. The van der Waals surface area contributed by atoms with Crippen molar-refractivity contribution in [1.82, 2.24) is 5.32 Å². The van der Waals surface area contributed by atoms with Crippen LogP contribution in [-0.2, 0) is 21.4 Å². The van der Waals surface area contributed by atoms with Gasteiger partial charge >= 0.3 is 0 Å². The average Bonchev–Trinajstić information content (AvgIpc) is 2.63. The van der Waals surface area contributed by atoms with Crippen molar-refractivity contribution in [2.75, 3.05) is 24.2 Å². The summed E-state index contributed by atoms with van der Waals surface area (Å²) in [6, 6.07) is 13.0. The van der Waals surface area contributed by atoms with Crippen LogP contribution in [0.15, 0.2) is 48.5 Å². The third-order valence-corrected chi connectivity index (χ3v) is 5.09. The Morgan fingerprint density at radius 1 is 1.19 bits per heavy atom. The second-order valence-electron chi connectivity index (χ2n) is 6.02. The van der Waals surface area contributed by atoms with Gasteiger partial charge in [0.1, 0.15) is 11.6 Å². The minimum atomic E-state index is -3.65. The van der Waals surface area contributed by atoms with E-state index in [1.54, 1.807) is 13.2 Å². The van der Waals surface area contributed by atoms with E-state index >= 15 is 0 Å². The molecule has 0 aliphatic rings. The molecule has 27 heavy (non-hydrogen) atoms. The number of hydrogen-bond donors (Lipinski definition) is 1. The number of amides is 1. The van der Waals surface area contributed by atoms with Gasteiger partial charge in [0.2, 0.25) is 15.9 Å². The number of benzene rings is 2. The van der Waals surface area contributed by atoms with Gasteiger partial charge in [-0.15, -0.1) is 0 Å². The molecule has 0 fully saturated rings. The van der Waals surface area contributed by atoms with E-state index in [0.29, 0.717) is 12.3 Å². The summed E-state index contributed by atoms with van der Waals surface area (Å²) < 4.78 is 44.0. The lowest BCUT2D eigenvalue weighted by molar-refractivity contribution is -0.121. The molecule has 1 amide bonds. The maximum atomic E-state index is 13.9. The first kappa shape index (κ1) is 20.7. The van der Waals surface area contributed by atoms with Crippen LogP contribution in [0.25, 0.3) is 0 Å². The highest BCUT2D eigenvalue weighted by Crippen LogP contribution is 2.21. The standard InChI is InChI=1S/C19H23FN2O4S/c1-26-16-8-5-7-15(13-16)14-21-19(23)11-6-12-22(27(2,24)25)18-10-4-3-9-17(18)20/h3-5,7-10,13H,6,11-12,14H2,1-2H3,(H,21,23). The fourth-order valence-electron chi connectivity index (χ4n) is 2.57. The number of ether oxygens (including phenoxy) is 1. The zero-order valence-corrected chi connectivity index (χ0v) is 16.1. The summed E-state index contributed by atoms with van der Waals surface area (Å²) in [5, 5.41) is 2.78. The van der Waals surface area contributed by atoms with Crippen molar-refractivity contribution in [3.05, 3.63) is 59.9 Å². The Balaban J connectivity index is 1.89. The zero-order chi connectivity index (χ0) is 19.9. The Morgan fingerprint density at radius 3 is 2.59 bits per heavy atom. The lowest BCUT2D eigenvalue weighted by Crippen LogP contribution is -2.32. The van der Waals surface area contributed by atoms with Gasteiger partial charge in [-0.1, -0.05) is 24.3 Å². The number of para-hydroxylation sites is 1.